The van der Waals surface area contributed by atoms with E-state index in [2.05, 4.69) is 29.9 Å². The van der Waals surface area contributed by atoms with Gasteiger partial charge in [-0.3, -0.25) is 4.79 Å². The molecule has 1 aromatic carbocycles. The third kappa shape index (κ3) is 4.36. The van der Waals surface area contributed by atoms with Gasteiger partial charge in [-0.05, 0) is 17.7 Å². The fourth-order valence-corrected chi connectivity index (χ4v) is 2.54. The summed E-state index contributed by atoms with van der Waals surface area (Å²) in [6, 6.07) is 7.63. The van der Waals surface area contributed by atoms with Crippen LogP contribution in [0.25, 0.3) is 0 Å². The molecule has 2 aromatic rings. The van der Waals surface area contributed by atoms with E-state index in [1.807, 2.05) is 29.6 Å². The Labute approximate surface area is 122 Å². The van der Waals surface area contributed by atoms with Gasteiger partial charge >= 0.3 is 0 Å². The molecule has 1 aromatic heterocycles. The van der Waals surface area contributed by atoms with E-state index in [4.69, 9.17) is 0 Å². The van der Waals surface area contributed by atoms with Crippen LogP contribution in [0.5, 0.6) is 0 Å². The highest BCUT2D eigenvalue weighted by Gasteiger charge is 2.10. The molecule has 0 aliphatic heterocycles. The van der Waals surface area contributed by atoms with Gasteiger partial charge in [0.25, 0.3) is 0 Å². The van der Waals surface area contributed by atoms with Gasteiger partial charge in [-0.15, -0.1) is 24.0 Å². The Kier molecular flexibility index (Phi) is 4.99. The van der Waals surface area contributed by atoms with Gasteiger partial charge in [-0.2, -0.15) is 0 Å². The van der Waals surface area contributed by atoms with E-state index in [1.165, 1.54) is 0 Å². The lowest BCUT2D eigenvalue weighted by Crippen LogP contribution is -2.28. The van der Waals surface area contributed by atoms with Crippen molar-refractivity contribution >= 4 is 29.9 Å². The fourth-order valence-electron chi connectivity index (χ4n) is 1.69. The molecule has 0 fully saturated rings. The van der Waals surface area contributed by atoms with E-state index >= 15 is 0 Å². The molecule has 0 aliphatic rings. The van der Waals surface area contributed by atoms with Gasteiger partial charge in [0.1, 0.15) is 0 Å². The van der Waals surface area contributed by atoms with Crippen LogP contribution in [-0.4, -0.2) is 17.4 Å². The van der Waals surface area contributed by atoms with Gasteiger partial charge in [0, 0.05) is 28.9 Å². The molecule has 19 heavy (non-hydrogen) atoms. The number of carbonyl (C=O) groups is 1. The molecule has 0 saturated heterocycles. The van der Waals surface area contributed by atoms with Crippen LogP contribution < -0.4 is 5.32 Å². The molecule has 0 spiro atoms. The van der Waals surface area contributed by atoms with Gasteiger partial charge in [-0.25, -0.2) is 4.98 Å². The number of nitrogens with zero attached hydrogens (tertiary/aromatic N) is 1. The lowest BCUT2D eigenvalue weighted by molar-refractivity contribution is -0.120. The molecular formula is C14H16N2OS2. The number of carbonyl (C=O) groups excluding carboxylic acids is 1. The monoisotopic (exact) mass is 292 g/mol. The Morgan fingerprint density at radius 1 is 1.42 bits per heavy atom. The highest BCUT2D eigenvalue weighted by atomic mass is 32.1. The molecule has 100 valence electrons. The Hall–Kier alpha value is -1.33. The van der Waals surface area contributed by atoms with Crippen LogP contribution >= 0.6 is 24.0 Å². The van der Waals surface area contributed by atoms with Crippen LogP contribution in [0, 0.1) is 0 Å². The number of thiazole rings is 1. The SMILES string of the molecule is CC(CNC(=O)Cc1ccc(S)cc1)c1nccs1. The summed E-state index contributed by atoms with van der Waals surface area (Å²) >= 11 is 5.84. The first-order valence-electron chi connectivity index (χ1n) is 6.09. The molecular weight excluding hydrogens is 276 g/mol. The maximum Gasteiger partial charge on any atom is 0.224 e. The van der Waals surface area contributed by atoms with Crippen LogP contribution in [0.15, 0.2) is 40.7 Å². The van der Waals surface area contributed by atoms with Crippen molar-refractivity contribution in [3.05, 3.63) is 46.4 Å². The standard InChI is InChI=1S/C14H16N2OS2/c1-10(14-15-6-7-19-14)9-16-13(17)8-11-2-4-12(18)5-3-11/h2-7,10,18H,8-9H2,1H3,(H,16,17). The summed E-state index contributed by atoms with van der Waals surface area (Å²) in [4.78, 5) is 17.0. The Morgan fingerprint density at radius 2 is 2.16 bits per heavy atom. The van der Waals surface area contributed by atoms with Gasteiger partial charge in [-0.1, -0.05) is 19.1 Å². The third-order valence-electron chi connectivity index (χ3n) is 2.78. The average molecular weight is 292 g/mol. The zero-order valence-electron chi connectivity index (χ0n) is 10.7. The molecule has 0 saturated carbocycles. The quantitative estimate of drug-likeness (QED) is 0.832. The first-order valence-corrected chi connectivity index (χ1v) is 7.42. The lowest BCUT2D eigenvalue weighted by Gasteiger charge is -2.10. The molecule has 0 bridgehead atoms. The minimum Gasteiger partial charge on any atom is -0.355 e. The smallest absolute Gasteiger partial charge is 0.224 e. The largest absolute Gasteiger partial charge is 0.355 e. The first kappa shape index (κ1) is 14.1. The van der Waals surface area contributed by atoms with Gasteiger partial charge < -0.3 is 5.32 Å². The predicted molar refractivity (Wildman–Crippen MR) is 80.9 cm³/mol. The molecule has 0 radical (unpaired) electrons. The molecule has 0 aliphatic carbocycles. The van der Waals surface area contributed by atoms with E-state index in [1.54, 1.807) is 17.5 Å². The summed E-state index contributed by atoms with van der Waals surface area (Å²) < 4.78 is 0. The van der Waals surface area contributed by atoms with E-state index in [0.29, 0.717) is 13.0 Å². The normalized spacial score (nSPS) is 12.1. The number of rotatable bonds is 5. The number of thiol groups is 1. The molecule has 1 atom stereocenters. The highest BCUT2D eigenvalue weighted by molar-refractivity contribution is 7.80. The number of amides is 1. The molecule has 2 rings (SSSR count). The van der Waals surface area contributed by atoms with Gasteiger partial charge in [0.2, 0.25) is 5.91 Å². The number of hydrogen-bond acceptors (Lipinski definition) is 4. The van der Waals surface area contributed by atoms with E-state index in [0.717, 1.165) is 15.5 Å². The van der Waals surface area contributed by atoms with E-state index < -0.39 is 0 Å². The Bertz CT molecular complexity index is 523. The van der Waals surface area contributed by atoms with Crippen LogP contribution in [-0.2, 0) is 11.2 Å². The maximum absolute atomic E-state index is 11.8. The van der Waals surface area contributed by atoms with Crippen molar-refractivity contribution in [1.82, 2.24) is 10.3 Å². The Balaban J connectivity index is 1.80. The van der Waals surface area contributed by atoms with E-state index in [9.17, 15) is 4.79 Å². The van der Waals surface area contributed by atoms with E-state index in [-0.39, 0.29) is 11.8 Å². The second kappa shape index (κ2) is 6.73. The second-order valence-electron chi connectivity index (χ2n) is 4.42. The first-order chi connectivity index (χ1) is 9.15. The highest BCUT2D eigenvalue weighted by Crippen LogP contribution is 2.16. The van der Waals surface area contributed by atoms with Crippen molar-refractivity contribution in [1.29, 1.82) is 0 Å². The third-order valence-corrected chi connectivity index (χ3v) is 4.08. The summed E-state index contributed by atoms with van der Waals surface area (Å²) in [7, 11) is 0. The number of benzene rings is 1. The molecule has 1 amide bonds. The van der Waals surface area contributed by atoms with Gasteiger partial charge in [0.15, 0.2) is 0 Å². The zero-order chi connectivity index (χ0) is 13.7. The number of nitrogens with one attached hydrogen (secondary N) is 1. The van der Waals surface area contributed by atoms with Crippen LogP contribution in [0.4, 0.5) is 0 Å². The maximum atomic E-state index is 11.8. The zero-order valence-corrected chi connectivity index (χ0v) is 12.4. The topological polar surface area (TPSA) is 42.0 Å². The van der Waals surface area contributed by atoms with Crippen molar-refractivity contribution < 1.29 is 4.79 Å². The van der Waals surface area contributed by atoms with Crippen molar-refractivity contribution in [3.63, 3.8) is 0 Å². The summed E-state index contributed by atoms with van der Waals surface area (Å²) in [5, 5.41) is 5.95. The molecule has 5 heteroatoms. The molecule has 1 unspecified atom stereocenters. The van der Waals surface area contributed by atoms with Crippen molar-refractivity contribution in [3.8, 4) is 0 Å². The lowest BCUT2D eigenvalue weighted by atomic mass is 10.1. The summed E-state index contributed by atoms with van der Waals surface area (Å²) in [6.07, 6.45) is 2.19. The fraction of sp³-hybridized carbons (Fsp3) is 0.286. The molecule has 1 heterocycles. The average Bonchev–Trinajstić information content (AvgIpc) is 2.93. The van der Waals surface area contributed by atoms with Crippen molar-refractivity contribution in [2.75, 3.05) is 6.54 Å². The van der Waals surface area contributed by atoms with Gasteiger partial charge in [0.05, 0.1) is 11.4 Å². The Morgan fingerprint density at radius 3 is 2.79 bits per heavy atom. The summed E-state index contributed by atoms with van der Waals surface area (Å²) in [6.45, 7) is 2.69. The second-order valence-corrected chi connectivity index (χ2v) is 5.86. The minimum atomic E-state index is 0.0373. The predicted octanol–water partition coefficient (Wildman–Crippen LogP) is 2.89. The van der Waals surface area contributed by atoms with Crippen molar-refractivity contribution in [2.45, 2.75) is 24.2 Å². The van der Waals surface area contributed by atoms with Crippen molar-refractivity contribution in [2.24, 2.45) is 0 Å². The van der Waals surface area contributed by atoms with Crippen LogP contribution in [0.1, 0.15) is 23.4 Å². The summed E-state index contributed by atoms with van der Waals surface area (Å²) in [5.41, 5.74) is 0.997. The van der Waals surface area contributed by atoms with Crippen LogP contribution in [0.3, 0.4) is 0 Å². The van der Waals surface area contributed by atoms with Crippen LogP contribution in [0.2, 0.25) is 0 Å². The summed E-state index contributed by atoms with van der Waals surface area (Å²) in [5.74, 6) is 0.291. The molecule has 1 N–H and O–H groups in total. The minimum absolute atomic E-state index is 0.0373. The number of aromatic nitrogens is 1. The molecule has 3 nitrogen and oxygen atoms in total. The number of hydrogen-bond donors (Lipinski definition) is 2.